The Morgan fingerprint density at radius 2 is 1.95 bits per heavy atom. The summed E-state index contributed by atoms with van der Waals surface area (Å²) in [6.45, 7) is 3.46. The average Bonchev–Trinajstić information content (AvgIpc) is 2.47. The zero-order valence-electron chi connectivity index (χ0n) is 11.8. The van der Waals surface area contributed by atoms with Crippen molar-refractivity contribution in [1.82, 2.24) is 9.62 Å². The number of halogens is 2. The second kappa shape index (κ2) is 7.54. The Morgan fingerprint density at radius 3 is 2.62 bits per heavy atom. The number of rotatable bonds is 6. The van der Waals surface area contributed by atoms with Crippen LogP contribution in [0.5, 0.6) is 0 Å². The molecule has 4 nitrogen and oxygen atoms in total. The molecule has 1 N–H and O–H groups in total. The molecule has 1 heterocycles. The van der Waals surface area contributed by atoms with E-state index in [1.54, 1.807) is 0 Å². The fraction of sp³-hybridized carbons (Fsp3) is 0.571. The topological polar surface area (TPSA) is 49.4 Å². The molecule has 2 rings (SSSR count). The van der Waals surface area contributed by atoms with E-state index in [9.17, 15) is 12.8 Å². The summed E-state index contributed by atoms with van der Waals surface area (Å²) < 4.78 is 39.7. The van der Waals surface area contributed by atoms with Crippen LogP contribution in [0.4, 0.5) is 4.39 Å². The van der Waals surface area contributed by atoms with Crippen molar-refractivity contribution in [3.63, 3.8) is 0 Å². The molecule has 0 unspecified atom stereocenters. The van der Waals surface area contributed by atoms with Crippen molar-refractivity contribution < 1.29 is 12.8 Å². The molecule has 1 aliphatic heterocycles. The van der Waals surface area contributed by atoms with Gasteiger partial charge in [-0.3, -0.25) is 0 Å². The minimum Gasteiger partial charge on any atom is -0.303 e. The maximum Gasteiger partial charge on any atom is 0.240 e. The molecule has 1 saturated heterocycles. The zero-order valence-corrected chi connectivity index (χ0v) is 13.4. The van der Waals surface area contributed by atoms with Gasteiger partial charge in [-0.15, -0.1) is 0 Å². The molecule has 0 saturated carbocycles. The first-order chi connectivity index (χ1) is 9.99. The van der Waals surface area contributed by atoms with Gasteiger partial charge in [0.25, 0.3) is 0 Å². The van der Waals surface area contributed by atoms with Gasteiger partial charge in [0.15, 0.2) is 0 Å². The SMILES string of the molecule is O=S(=O)(NCCCN1CCCCC1)c1ccc(F)c(Cl)c1. The Morgan fingerprint density at radius 1 is 1.24 bits per heavy atom. The van der Waals surface area contributed by atoms with Crippen LogP contribution in [-0.2, 0) is 10.0 Å². The lowest BCUT2D eigenvalue weighted by Crippen LogP contribution is -2.33. The molecule has 0 amide bonds. The molecule has 1 fully saturated rings. The lowest BCUT2D eigenvalue weighted by atomic mass is 10.1. The van der Waals surface area contributed by atoms with Gasteiger partial charge in [0.1, 0.15) is 5.82 Å². The summed E-state index contributed by atoms with van der Waals surface area (Å²) in [5.41, 5.74) is 0. The summed E-state index contributed by atoms with van der Waals surface area (Å²) >= 11 is 5.61. The van der Waals surface area contributed by atoms with Crippen molar-refractivity contribution in [3.05, 3.63) is 29.0 Å². The van der Waals surface area contributed by atoms with Gasteiger partial charge in [0, 0.05) is 6.54 Å². The minimum atomic E-state index is -3.62. The Kier molecular flexibility index (Phi) is 5.98. The molecule has 0 aliphatic carbocycles. The summed E-state index contributed by atoms with van der Waals surface area (Å²) in [5.74, 6) is -0.624. The van der Waals surface area contributed by atoms with Crippen molar-refractivity contribution in [2.24, 2.45) is 0 Å². The van der Waals surface area contributed by atoms with Crippen LogP contribution in [0.1, 0.15) is 25.7 Å². The Labute approximate surface area is 130 Å². The highest BCUT2D eigenvalue weighted by atomic mass is 35.5. The fourth-order valence-corrected chi connectivity index (χ4v) is 3.76. The highest BCUT2D eigenvalue weighted by Crippen LogP contribution is 2.19. The van der Waals surface area contributed by atoms with Gasteiger partial charge >= 0.3 is 0 Å². The van der Waals surface area contributed by atoms with Crippen LogP contribution in [0.3, 0.4) is 0 Å². The molecule has 0 aromatic heterocycles. The number of piperidine rings is 1. The Balaban J connectivity index is 1.82. The number of nitrogens with one attached hydrogen (secondary N) is 1. The summed E-state index contributed by atoms with van der Waals surface area (Å²) in [4.78, 5) is 2.35. The van der Waals surface area contributed by atoms with Crippen LogP contribution < -0.4 is 4.72 Å². The van der Waals surface area contributed by atoms with Crippen LogP contribution >= 0.6 is 11.6 Å². The second-order valence-corrected chi connectivity index (χ2v) is 7.40. The molecular weight excluding hydrogens is 315 g/mol. The number of nitrogens with zero attached hydrogens (tertiary/aromatic N) is 1. The van der Waals surface area contributed by atoms with Gasteiger partial charge in [0.05, 0.1) is 9.92 Å². The molecule has 1 aromatic carbocycles. The van der Waals surface area contributed by atoms with E-state index in [-0.39, 0.29) is 9.92 Å². The fourth-order valence-electron chi connectivity index (χ4n) is 2.42. The quantitative estimate of drug-likeness (QED) is 0.814. The van der Waals surface area contributed by atoms with Gasteiger partial charge in [0.2, 0.25) is 10.0 Å². The third-order valence-electron chi connectivity index (χ3n) is 3.59. The largest absolute Gasteiger partial charge is 0.303 e. The first-order valence-electron chi connectivity index (χ1n) is 7.16. The maximum atomic E-state index is 13.0. The maximum absolute atomic E-state index is 13.0. The first kappa shape index (κ1) is 16.7. The third kappa shape index (κ3) is 4.92. The van der Waals surface area contributed by atoms with Crippen molar-refractivity contribution in [2.45, 2.75) is 30.6 Å². The number of hydrogen-bond acceptors (Lipinski definition) is 3. The van der Waals surface area contributed by atoms with Gasteiger partial charge in [-0.1, -0.05) is 18.0 Å². The third-order valence-corrected chi connectivity index (χ3v) is 5.34. The Bertz CT molecular complexity index is 574. The molecule has 0 spiro atoms. The van der Waals surface area contributed by atoms with E-state index >= 15 is 0 Å². The molecule has 0 atom stereocenters. The molecule has 118 valence electrons. The highest BCUT2D eigenvalue weighted by molar-refractivity contribution is 7.89. The molecule has 1 aromatic rings. The van der Waals surface area contributed by atoms with E-state index in [0.717, 1.165) is 38.2 Å². The van der Waals surface area contributed by atoms with Crippen LogP contribution in [-0.4, -0.2) is 39.5 Å². The van der Waals surface area contributed by atoms with Crippen molar-refractivity contribution in [1.29, 1.82) is 0 Å². The van der Waals surface area contributed by atoms with Crippen molar-refractivity contribution >= 4 is 21.6 Å². The van der Waals surface area contributed by atoms with Crippen molar-refractivity contribution in [3.8, 4) is 0 Å². The van der Waals surface area contributed by atoms with E-state index in [1.807, 2.05) is 0 Å². The van der Waals surface area contributed by atoms with Gasteiger partial charge in [-0.25, -0.2) is 17.5 Å². The van der Waals surface area contributed by atoms with E-state index in [4.69, 9.17) is 11.6 Å². The summed E-state index contributed by atoms with van der Waals surface area (Å²) in [6, 6.07) is 3.41. The minimum absolute atomic E-state index is 0.00753. The summed E-state index contributed by atoms with van der Waals surface area (Å²) in [6.07, 6.45) is 4.49. The highest BCUT2D eigenvalue weighted by Gasteiger charge is 2.16. The van der Waals surface area contributed by atoms with Crippen LogP contribution in [0.15, 0.2) is 23.1 Å². The number of likely N-dealkylation sites (tertiary alicyclic amines) is 1. The van der Waals surface area contributed by atoms with E-state index in [0.29, 0.717) is 6.54 Å². The lowest BCUT2D eigenvalue weighted by molar-refractivity contribution is 0.227. The molecule has 0 radical (unpaired) electrons. The molecule has 21 heavy (non-hydrogen) atoms. The monoisotopic (exact) mass is 334 g/mol. The van der Waals surface area contributed by atoms with Crippen LogP contribution in [0.25, 0.3) is 0 Å². The average molecular weight is 335 g/mol. The number of benzene rings is 1. The van der Waals surface area contributed by atoms with E-state index in [2.05, 4.69) is 9.62 Å². The van der Waals surface area contributed by atoms with Crippen LogP contribution in [0, 0.1) is 5.82 Å². The van der Waals surface area contributed by atoms with Crippen molar-refractivity contribution in [2.75, 3.05) is 26.2 Å². The smallest absolute Gasteiger partial charge is 0.240 e. The Hall–Kier alpha value is -0.690. The number of hydrogen-bond donors (Lipinski definition) is 1. The predicted octanol–water partition coefficient (Wildman–Crippen LogP) is 2.63. The van der Waals surface area contributed by atoms with Gasteiger partial charge in [-0.05, 0) is 57.1 Å². The van der Waals surface area contributed by atoms with Gasteiger partial charge in [-0.2, -0.15) is 0 Å². The standard InChI is InChI=1S/C14H20ClFN2O2S/c15-13-11-12(5-6-14(13)16)21(19,20)17-7-4-10-18-8-2-1-3-9-18/h5-6,11,17H,1-4,7-10H2. The van der Waals surface area contributed by atoms with E-state index < -0.39 is 15.8 Å². The summed E-state index contributed by atoms with van der Waals surface area (Å²) in [7, 11) is -3.62. The normalized spacial score (nSPS) is 17.0. The van der Waals surface area contributed by atoms with Crippen LogP contribution in [0.2, 0.25) is 5.02 Å². The predicted molar refractivity (Wildman–Crippen MR) is 81.5 cm³/mol. The first-order valence-corrected chi connectivity index (χ1v) is 9.02. The lowest BCUT2D eigenvalue weighted by Gasteiger charge is -2.26. The second-order valence-electron chi connectivity index (χ2n) is 5.23. The van der Waals surface area contributed by atoms with Gasteiger partial charge < -0.3 is 4.90 Å². The number of sulfonamides is 1. The zero-order chi connectivity index (χ0) is 15.3. The molecule has 7 heteroatoms. The molecular formula is C14H20ClFN2O2S. The molecule has 1 aliphatic rings. The summed E-state index contributed by atoms with van der Waals surface area (Å²) in [5, 5.41) is -0.189. The molecule has 0 bridgehead atoms. The van der Waals surface area contributed by atoms with E-state index in [1.165, 1.54) is 25.3 Å².